The van der Waals surface area contributed by atoms with Gasteiger partial charge in [0, 0.05) is 0 Å². The van der Waals surface area contributed by atoms with Gasteiger partial charge in [-0.15, -0.1) is 0 Å². The van der Waals surface area contributed by atoms with E-state index in [4.69, 9.17) is 9.72 Å². The maximum atomic E-state index is 6.03. The van der Waals surface area contributed by atoms with Crippen molar-refractivity contribution in [3.8, 4) is 0 Å². The summed E-state index contributed by atoms with van der Waals surface area (Å²) >= 11 is 0. The minimum atomic E-state index is 0.686. The van der Waals surface area contributed by atoms with Gasteiger partial charge in [0.25, 0.3) is 0 Å². The van der Waals surface area contributed by atoms with E-state index >= 15 is 0 Å². The fourth-order valence-electron chi connectivity index (χ4n) is 4.58. The van der Waals surface area contributed by atoms with Crippen molar-refractivity contribution < 1.29 is 13.9 Å². The second kappa shape index (κ2) is 7.63. The number of pyridine rings is 1. The Morgan fingerprint density at radius 2 is 1.16 bits per heavy atom. The van der Waals surface area contributed by atoms with Gasteiger partial charge in [0.05, 0.1) is 24.6 Å². The molecule has 154 valence electrons. The van der Waals surface area contributed by atoms with Crippen LogP contribution in [-0.2, 0) is 30.9 Å². The highest BCUT2D eigenvalue weighted by atomic mass is 16.5. The van der Waals surface area contributed by atoms with Crippen LogP contribution in [0.15, 0.2) is 79.4 Å². The van der Waals surface area contributed by atoms with Gasteiger partial charge < -0.3 is 4.74 Å². The monoisotopic (exact) mass is 411 g/mol. The molecule has 0 saturated carbocycles. The zero-order valence-corrected chi connectivity index (χ0v) is 17.4. The van der Waals surface area contributed by atoms with Gasteiger partial charge in [-0.25, -0.2) is 23.3 Å². The molecule has 0 spiro atoms. The third kappa shape index (κ3) is 3.39. The van der Waals surface area contributed by atoms with Crippen LogP contribution in [0.4, 0.5) is 0 Å². The topological polar surface area (TPSA) is 39.7 Å². The summed E-state index contributed by atoms with van der Waals surface area (Å²) < 4.78 is 15.2. The molecular formula is C25H25N5O+2. The van der Waals surface area contributed by atoms with Gasteiger partial charge in [-0.3, -0.25) is 0 Å². The molecule has 6 heteroatoms. The maximum absolute atomic E-state index is 6.03. The molecule has 6 rings (SSSR count). The van der Waals surface area contributed by atoms with Crippen LogP contribution in [0.3, 0.4) is 0 Å². The Kier molecular flexibility index (Phi) is 4.50. The maximum Gasteiger partial charge on any atom is 0.245 e. The lowest BCUT2D eigenvalue weighted by molar-refractivity contribution is -0.665. The highest BCUT2D eigenvalue weighted by molar-refractivity contribution is 5.72. The molecule has 0 radical (unpaired) electrons. The lowest BCUT2D eigenvalue weighted by atomic mass is 10.2. The Labute approximate surface area is 180 Å². The van der Waals surface area contributed by atoms with Crippen molar-refractivity contribution in [3.63, 3.8) is 0 Å². The third-order valence-corrected chi connectivity index (χ3v) is 6.04. The number of aromatic nitrogens is 5. The largest absolute Gasteiger partial charge is 0.373 e. The number of nitrogens with zero attached hydrogens (tertiary/aromatic N) is 5. The van der Waals surface area contributed by atoms with Crippen molar-refractivity contribution in [1.29, 1.82) is 0 Å². The van der Waals surface area contributed by atoms with E-state index in [0.29, 0.717) is 13.2 Å². The molecule has 1 aliphatic rings. The van der Waals surface area contributed by atoms with Crippen LogP contribution < -0.4 is 9.13 Å². The molecular weight excluding hydrogens is 386 g/mol. The van der Waals surface area contributed by atoms with E-state index < -0.39 is 0 Å². The normalized spacial score (nSPS) is 14.8. The molecule has 0 unspecified atom stereocenters. The lowest BCUT2D eigenvalue weighted by Crippen LogP contribution is -2.35. The smallest absolute Gasteiger partial charge is 0.245 e. The van der Waals surface area contributed by atoms with Crippen LogP contribution in [0.5, 0.6) is 0 Å². The summed E-state index contributed by atoms with van der Waals surface area (Å²) in [5.74, 6) is 0. The average Bonchev–Trinajstić information content (AvgIpc) is 3.32. The first kappa shape index (κ1) is 18.3. The van der Waals surface area contributed by atoms with Crippen molar-refractivity contribution in [3.05, 3.63) is 90.8 Å². The van der Waals surface area contributed by atoms with Crippen LogP contribution >= 0.6 is 0 Å². The summed E-state index contributed by atoms with van der Waals surface area (Å²) in [5.41, 5.74) is 7.02. The molecule has 0 atom stereocenters. The predicted octanol–water partition coefficient (Wildman–Crippen LogP) is 2.69. The molecule has 0 aliphatic carbocycles. The van der Waals surface area contributed by atoms with Crippen molar-refractivity contribution in [2.24, 2.45) is 0 Å². The van der Waals surface area contributed by atoms with Crippen LogP contribution in [-0.4, -0.2) is 27.3 Å². The molecule has 5 aromatic rings. The van der Waals surface area contributed by atoms with Crippen molar-refractivity contribution in [2.75, 3.05) is 13.2 Å². The van der Waals surface area contributed by atoms with Gasteiger partial charge in [-0.1, -0.05) is 30.3 Å². The predicted molar refractivity (Wildman–Crippen MR) is 118 cm³/mol. The van der Waals surface area contributed by atoms with Gasteiger partial charge >= 0.3 is 0 Å². The molecule has 1 aliphatic heterocycles. The fourth-order valence-corrected chi connectivity index (χ4v) is 4.58. The molecule has 6 bridgehead atoms. The quantitative estimate of drug-likeness (QED) is 0.368. The summed E-state index contributed by atoms with van der Waals surface area (Å²) in [6.07, 6.45) is 4.38. The van der Waals surface area contributed by atoms with Gasteiger partial charge in [0.15, 0.2) is 22.1 Å². The number of imidazole rings is 2. The lowest BCUT2D eigenvalue weighted by Gasteiger charge is -2.03. The van der Waals surface area contributed by atoms with Gasteiger partial charge in [0.2, 0.25) is 12.7 Å². The number of hydrogen-bond donors (Lipinski definition) is 0. The minimum Gasteiger partial charge on any atom is -0.373 e. The zero-order valence-electron chi connectivity index (χ0n) is 17.4. The Balaban J connectivity index is 1.44. The van der Waals surface area contributed by atoms with E-state index in [1.165, 1.54) is 22.1 Å². The van der Waals surface area contributed by atoms with Crippen LogP contribution in [0.2, 0.25) is 0 Å². The Morgan fingerprint density at radius 3 is 1.71 bits per heavy atom. The molecule has 6 nitrogen and oxygen atoms in total. The SMILES string of the molecule is c1cc2nc(c1)C[n+]1cn(c3ccccc31)CCOCCn1c[n+](c3ccccc31)C2. The zero-order chi connectivity index (χ0) is 20.6. The van der Waals surface area contributed by atoms with Crippen molar-refractivity contribution in [2.45, 2.75) is 26.2 Å². The standard InChI is InChI=1S/C25H25N5O/c1-3-10-24-22(8-1)27-12-14-31-15-13-28-19-30(25-11-4-2-9-23(25)28)17-21-7-5-6-20(26-21)16-29(24)18-27/h1-11,18-19H,12-17H2/q+2. The van der Waals surface area contributed by atoms with Crippen LogP contribution in [0, 0.1) is 0 Å². The number of hydrogen-bond acceptors (Lipinski definition) is 2. The summed E-state index contributed by atoms with van der Waals surface area (Å²) in [7, 11) is 0. The van der Waals surface area contributed by atoms with Crippen LogP contribution in [0.1, 0.15) is 11.4 Å². The molecule has 0 amide bonds. The van der Waals surface area contributed by atoms with E-state index in [1.807, 2.05) is 0 Å². The van der Waals surface area contributed by atoms with E-state index in [2.05, 4.69) is 97.7 Å². The Hall–Kier alpha value is -3.51. The second-order valence-corrected chi connectivity index (χ2v) is 8.08. The fraction of sp³-hybridized carbons (Fsp3) is 0.240. The van der Waals surface area contributed by atoms with Crippen molar-refractivity contribution in [1.82, 2.24) is 14.1 Å². The number of para-hydroxylation sites is 4. The number of fused-ring (bicyclic) bond motifs is 12. The van der Waals surface area contributed by atoms with E-state index in [0.717, 1.165) is 37.6 Å². The van der Waals surface area contributed by atoms with E-state index in [9.17, 15) is 0 Å². The first-order valence-electron chi connectivity index (χ1n) is 10.8. The summed E-state index contributed by atoms with van der Waals surface area (Å²) in [4.78, 5) is 5.00. The third-order valence-electron chi connectivity index (χ3n) is 6.04. The first-order chi connectivity index (χ1) is 15.3. The second-order valence-electron chi connectivity index (χ2n) is 8.08. The molecule has 2 aromatic carbocycles. The number of ether oxygens (including phenoxy) is 1. The Bertz CT molecular complexity index is 1280. The van der Waals surface area contributed by atoms with Crippen LogP contribution in [0.25, 0.3) is 22.1 Å². The van der Waals surface area contributed by atoms with Crippen molar-refractivity contribution >= 4 is 22.1 Å². The first-order valence-corrected chi connectivity index (χ1v) is 10.8. The summed E-state index contributed by atoms with van der Waals surface area (Å²) in [6, 6.07) is 23.4. The highest BCUT2D eigenvalue weighted by Gasteiger charge is 2.19. The number of rotatable bonds is 0. The molecule has 4 heterocycles. The Morgan fingerprint density at radius 1 is 0.645 bits per heavy atom. The summed E-state index contributed by atoms with van der Waals surface area (Å²) in [6.45, 7) is 4.52. The molecule has 0 fully saturated rings. The molecule has 0 N–H and O–H groups in total. The summed E-state index contributed by atoms with van der Waals surface area (Å²) in [5, 5.41) is 0. The average molecular weight is 412 g/mol. The van der Waals surface area contributed by atoms with E-state index in [-0.39, 0.29) is 0 Å². The molecule has 0 saturated heterocycles. The number of benzene rings is 2. The minimum absolute atomic E-state index is 0.686. The van der Waals surface area contributed by atoms with Gasteiger partial charge in [-0.2, -0.15) is 0 Å². The van der Waals surface area contributed by atoms with E-state index in [1.54, 1.807) is 0 Å². The van der Waals surface area contributed by atoms with Gasteiger partial charge in [-0.05, 0) is 36.4 Å². The molecule has 3 aromatic heterocycles. The highest BCUT2D eigenvalue weighted by Crippen LogP contribution is 2.14. The molecule has 31 heavy (non-hydrogen) atoms. The van der Waals surface area contributed by atoms with Gasteiger partial charge in [0.1, 0.15) is 26.2 Å².